The number of rotatable bonds is 3. The minimum atomic E-state index is 0.416. The Morgan fingerprint density at radius 1 is 0.783 bits per heavy atom. The fourth-order valence-corrected chi connectivity index (χ4v) is 7.00. The number of nitrogens with zero attached hydrogens (tertiary/aromatic N) is 3. The number of aromatic nitrogens is 3. The quantitative estimate of drug-likeness (QED) is 0.807. The van der Waals surface area contributed by atoms with Crippen LogP contribution in [-0.4, -0.2) is 14.8 Å². The largest absolute Gasteiger partial charge is 0.311 e. The van der Waals surface area contributed by atoms with Gasteiger partial charge in [0.05, 0.1) is 0 Å². The van der Waals surface area contributed by atoms with Crippen molar-refractivity contribution in [1.82, 2.24) is 14.8 Å². The Balaban J connectivity index is 1.45. The molecular formula is C20H29N3. The van der Waals surface area contributed by atoms with Crippen LogP contribution in [0.1, 0.15) is 101 Å². The molecule has 1 aromatic rings. The lowest BCUT2D eigenvalue weighted by atomic mass is 9.49. The minimum Gasteiger partial charge on any atom is -0.311 e. The molecule has 6 aliphatic rings. The van der Waals surface area contributed by atoms with Crippen LogP contribution in [0.2, 0.25) is 0 Å². The van der Waals surface area contributed by atoms with Crippen molar-refractivity contribution in [3.05, 3.63) is 11.6 Å². The molecule has 0 aliphatic heterocycles. The molecule has 3 nitrogen and oxygen atoms in total. The van der Waals surface area contributed by atoms with Gasteiger partial charge in [-0.25, -0.2) is 0 Å². The van der Waals surface area contributed by atoms with Crippen molar-refractivity contribution < 1.29 is 0 Å². The molecule has 23 heavy (non-hydrogen) atoms. The molecule has 0 amide bonds. The second kappa shape index (κ2) is 4.61. The first-order valence-electron chi connectivity index (χ1n) is 10.3. The SMILES string of the molecule is C1CC(c2nnc(C34CC5CC(CC(C5)C3)C4)n2C2CCC2)C1. The predicted molar refractivity (Wildman–Crippen MR) is 89.4 cm³/mol. The van der Waals surface area contributed by atoms with Crippen LogP contribution in [0.25, 0.3) is 0 Å². The van der Waals surface area contributed by atoms with Gasteiger partial charge in [-0.05, 0) is 88.4 Å². The minimum absolute atomic E-state index is 0.416. The number of hydrogen-bond donors (Lipinski definition) is 0. The first kappa shape index (κ1) is 13.4. The molecule has 4 bridgehead atoms. The van der Waals surface area contributed by atoms with Crippen LogP contribution >= 0.6 is 0 Å². The molecule has 0 radical (unpaired) electrons. The fourth-order valence-electron chi connectivity index (χ4n) is 7.00. The van der Waals surface area contributed by atoms with Crippen LogP contribution in [0, 0.1) is 17.8 Å². The fraction of sp³-hybridized carbons (Fsp3) is 0.900. The zero-order valence-electron chi connectivity index (χ0n) is 14.2. The Morgan fingerprint density at radius 3 is 1.87 bits per heavy atom. The molecule has 0 saturated heterocycles. The monoisotopic (exact) mass is 311 g/mol. The van der Waals surface area contributed by atoms with Crippen LogP contribution in [0.4, 0.5) is 0 Å². The normalized spacial score (nSPS) is 42.7. The van der Waals surface area contributed by atoms with Gasteiger partial charge in [0, 0.05) is 17.4 Å². The summed E-state index contributed by atoms with van der Waals surface area (Å²) < 4.78 is 2.71. The van der Waals surface area contributed by atoms with Gasteiger partial charge in [0.2, 0.25) is 0 Å². The highest BCUT2D eigenvalue weighted by atomic mass is 15.3. The van der Waals surface area contributed by atoms with E-state index in [0.29, 0.717) is 5.41 Å². The Morgan fingerprint density at radius 2 is 1.39 bits per heavy atom. The van der Waals surface area contributed by atoms with E-state index in [1.54, 1.807) is 0 Å². The molecule has 7 rings (SSSR count). The van der Waals surface area contributed by atoms with Crippen molar-refractivity contribution >= 4 is 0 Å². The van der Waals surface area contributed by atoms with Crippen molar-refractivity contribution in [2.45, 2.75) is 94.4 Å². The van der Waals surface area contributed by atoms with Crippen molar-refractivity contribution in [1.29, 1.82) is 0 Å². The second-order valence-electron chi connectivity index (χ2n) is 9.66. The van der Waals surface area contributed by atoms with E-state index >= 15 is 0 Å². The van der Waals surface area contributed by atoms with Gasteiger partial charge in [0.25, 0.3) is 0 Å². The predicted octanol–water partition coefficient (Wildman–Crippen LogP) is 4.74. The lowest BCUT2D eigenvalue weighted by Gasteiger charge is -2.56. The van der Waals surface area contributed by atoms with E-state index in [4.69, 9.17) is 10.2 Å². The average molecular weight is 311 g/mol. The van der Waals surface area contributed by atoms with Gasteiger partial charge in [0.1, 0.15) is 11.6 Å². The Kier molecular flexibility index (Phi) is 2.69. The molecule has 0 unspecified atom stereocenters. The standard InChI is InChI=1S/C20H29N3/c1-3-16(4-1)18-21-22-19(23(18)17-5-2-6-17)20-10-13-7-14(11-20)9-15(8-13)12-20/h13-17H,1-12H2. The third-order valence-electron chi connectivity index (χ3n) is 8.14. The van der Waals surface area contributed by atoms with Gasteiger partial charge in [-0.15, -0.1) is 10.2 Å². The summed E-state index contributed by atoms with van der Waals surface area (Å²) in [5.41, 5.74) is 0.416. The second-order valence-corrected chi connectivity index (χ2v) is 9.66. The Bertz CT molecular complexity index is 588. The molecule has 3 heteroatoms. The summed E-state index contributed by atoms with van der Waals surface area (Å²) in [4.78, 5) is 0. The van der Waals surface area contributed by atoms with Crippen LogP contribution in [0.5, 0.6) is 0 Å². The lowest BCUT2D eigenvalue weighted by molar-refractivity contribution is -0.0127. The maximum Gasteiger partial charge on any atom is 0.139 e. The van der Waals surface area contributed by atoms with Crippen molar-refractivity contribution in [3.8, 4) is 0 Å². The van der Waals surface area contributed by atoms with E-state index < -0.39 is 0 Å². The average Bonchev–Trinajstić information content (AvgIpc) is 2.78. The van der Waals surface area contributed by atoms with Crippen LogP contribution in [-0.2, 0) is 5.41 Å². The van der Waals surface area contributed by atoms with Crippen LogP contribution < -0.4 is 0 Å². The molecule has 6 fully saturated rings. The molecule has 0 atom stereocenters. The Hall–Kier alpha value is -0.860. The summed E-state index contributed by atoms with van der Waals surface area (Å²) in [5.74, 6) is 6.56. The van der Waals surface area contributed by atoms with Gasteiger partial charge >= 0.3 is 0 Å². The molecule has 1 aromatic heterocycles. The molecule has 0 aromatic carbocycles. The van der Waals surface area contributed by atoms with Crippen molar-refractivity contribution in [2.24, 2.45) is 17.8 Å². The molecule has 0 N–H and O–H groups in total. The third-order valence-corrected chi connectivity index (χ3v) is 8.14. The Labute approximate surface area is 139 Å². The molecule has 6 saturated carbocycles. The summed E-state index contributed by atoms with van der Waals surface area (Å²) in [7, 11) is 0. The van der Waals surface area contributed by atoms with E-state index in [1.165, 1.54) is 88.7 Å². The van der Waals surface area contributed by atoms with Gasteiger partial charge in [-0.1, -0.05) is 6.42 Å². The van der Waals surface area contributed by atoms with Crippen LogP contribution in [0.15, 0.2) is 0 Å². The van der Waals surface area contributed by atoms with Crippen molar-refractivity contribution in [2.75, 3.05) is 0 Å². The lowest BCUT2D eigenvalue weighted by Crippen LogP contribution is -2.50. The first-order chi connectivity index (χ1) is 11.3. The summed E-state index contributed by atoms with van der Waals surface area (Å²) in [6.45, 7) is 0. The van der Waals surface area contributed by atoms with Gasteiger partial charge in [0.15, 0.2) is 0 Å². The maximum atomic E-state index is 4.92. The third kappa shape index (κ3) is 1.83. The van der Waals surface area contributed by atoms with Crippen LogP contribution in [0.3, 0.4) is 0 Å². The highest BCUT2D eigenvalue weighted by Crippen LogP contribution is 2.61. The van der Waals surface area contributed by atoms with E-state index in [2.05, 4.69) is 4.57 Å². The molecular weight excluding hydrogens is 282 g/mol. The van der Waals surface area contributed by atoms with Gasteiger partial charge < -0.3 is 4.57 Å². The van der Waals surface area contributed by atoms with E-state index in [1.807, 2.05) is 0 Å². The van der Waals surface area contributed by atoms with Gasteiger partial charge in [-0.3, -0.25) is 0 Å². The highest BCUT2D eigenvalue weighted by Gasteiger charge is 2.54. The van der Waals surface area contributed by atoms with E-state index in [-0.39, 0.29) is 0 Å². The summed E-state index contributed by atoms with van der Waals surface area (Å²) in [5, 5.41) is 9.74. The van der Waals surface area contributed by atoms with E-state index in [0.717, 1.165) is 29.7 Å². The molecule has 1 heterocycles. The van der Waals surface area contributed by atoms with Crippen molar-refractivity contribution in [3.63, 3.8) is 0 Å². The van der Waals surface area contributed by atoms with E-state index in [9.17, 15) is 0 Å². The zero-order valence-corrected chi connectivity index (χ0v) is 14.2. The topological polar surface area (TPSA) is 30.7 Å². The smallest absolute Gasteiger partial charge is 0.139 e. The number of hydrogen-bond acceptors (Lipinski definition) is 2. The zero-order chi connectivity index (χ0) is 15.0. The maximum absolute atomic E-state index is 4.92. The molecule has 124 valence electrons. The highest BCUT2D eigenvalue weighted by molar-refractivity contribution is 5.21. The summed E-state index contributed by atoms with van der Waals surface area (Å²) >= 11 is 0. The molecule has 0 spiro atoms. The summed E-state index contributed by atoms with van der Waals surface area (Å²) in [6, 6.07) is 0.739. The summed E-state index contributed by atoms with van der Waals surface area (Å²) in [6.07, 6.45) is 17.1. The molecule has 6 aliphatic carbocycles. The first-order valence-corrected chi connectivity index (χ1v) is 10.3. The van der Waals surface area contributed by atoms with Gasteiger partial charge in [-0.2, -0.15) is 0 Å².